The van der Waals surface area contributed by atoms with E-state index in [0.717, 1.165) is 37.4 Å². The highest BCUT2D eigenvalue weighted by atomic mass is 16.5. The SMILES string of the molecule is CNC(CCc1ccco1)C1=CCCO1. The predicted molar refractivity (Wildman–Crippen MR) is 58.5 cm³/mol. The topological polar surface area (TPSA) is 34.4 Å². The number of hydrogen-bond donors (Lipinski definition) is 1. The molecule has 0 saturated heterocycles. The summed E-state index contributed by atoms with van der Waals surface area (Å²) in [6, 6.07) is 4.25. The van der Waals surface area contributed by atoms with Crippen molar-refractivity contribution in [1.82, 2.24) is 5.32 Å². The van der Waals surface area contributed by atoms with E-state index in [-0.39, 0.29) is 0 Å². The molecule has 1 unspecified atom stereocenters. The van der Waals surface area contributed by atoms with Crippen molar-refractivity contribution in [2.24, 2.45) is 0 Å². The third kappa shape index (κ3) is 2.63. The Morgan fingerprint density at radius 1 is 1.53 bits per heavy atom. The van der Waals surface area contributed by atoms with E-state index in [4.69, 9.17) is 9.15 Å². The van der Waals surface area contributed by atoms with Crippen LogP contribution in [0.3, 0.4) is 0 Å². The van der Waals surface area contributed by atoms with Crippen molar-refractivity contribution in [2.75, 3.05) is 13.7 Å². The standard InChI is InChI=1S/C12H17NO2/c1-13-11(12-5-3-9-15-12)7-6-10-4-2-8-14-10/h2,4-5,8,11,13H,3,6-7,9H2,1H3. The largest absolute Gasteiger partial charge is 0.496 e. The minimum absolute atomic E-state index is 0.317. The van der Waals surface area contributed by atoms with E-state index in [1.807, 2.05) is 19.2 Å². The van der Waals surface area contributed by atoms with Crippen LogP contribution in [-0.4, -0.2) is 19.7 Å². The molecule has 1 N–H and O–H groups in total. The van der Waals surface area contributed by atoms with Crippen LogP contribution in [0.4, 0.5) is 0 Å². The highest BCUT2D eigenvalue weighted by Crippen LogP contribution is 2.17. The molecule has 0 aliphatic carbocycles. The van der Waals surface area contributed by atoms with Gasteiger partial charge in [-0.15, -0.1) is 0 Å². The van der Waals surface area contributed by atoms with Crippen molar-refractivity contribution in [1.29, 1.82) is 0 Å². The highest BCUT2D eigenvalue weighted by molar-refractivity contribution is 5.08. The van der Waals surface area contributed by atoms with E-state index in [2.05, 4.69) is 11.4 Å². The number of rotatable bonds is 5. The number of ether oxygens (including phenoxy) is 1. The van der Waals surface area contributed by atoms with Crippen LogP contribution in [0.1, 0.15) is 18.6 Å². The molecule has 82 valence electrons. The molecule has 0 amide bonds. The van der Waals surface area contributed by atoms with Crippen molar-refractivity contribution >= 4 is 0 Å². The van der Waals surface area contributed by atoms with Gasteiger partial charge in [0.25, 0.3) is 0 Å². The molecule has 2 rings (SSSR count). The molecule has 3 nitrogen and oxygen atoms in total. The average Bonchev–Trinajstić information content (AvgIpc) is 2.90. The van der Waals surface area contributed by atoms with Gasteiger partial charge in [-0.2, -0.15) is 0 Å². The minimum Gasteiger partial charge on any atom is -0.496 e. The fourth-order valence-electron chi connectivity index (χ4n) is 1.85. The lowest BCUT2D eigenvalue weighted by Crippen LogP contribution is -2.28. The average molecular weight is 207 g/mol. The molecule has 2 heterocycles. The van der Waals surface area contributed by atoms with Gasteiger partial charge >= 0.3 is 0 Å². The lowest BCUT2D eigenvalue weighted by atomic mass is 10.1. The van der Waals surface area contributed by atoms with Gasteiger partial charge < -0.3 is 14.5 Å². The van der Waals surface area contributed by atoms with E-state index >= 15 is 0 Å². The second-order valence-electron chi connectivity index (χ2n) is 3.70. The maximum Gasteiger partial charge on any atom is 0.109 e. The summed E-state index contributed by atoms with van der Waals surface area (Å²) < 4.78 is 10.8. The summed E-state index contributed by atoms with van der Waals surface area (Å²) in [4.78, 5) is 0. The summed E-state index contributed by atoms with van der Waals surface area (Å²) >= 11 is 0. The smallest absolute Gasteiger partial charge is 0.109 e. The number of hydrogen-bond acceptors (Lipinski definition) is 3. The van der Waals surface area contributed by atoms with E-state index in [0.29, 0.717) is 6.04 Å². The van der Waals surface area contributed by atoms with Crippen LogP contribution >= 0.6 is 0 Å². The maximum absolute atomic E-state index is 5.54. The first-order chi connectivity index (χ1) is 7.40. The molecule has 0 fully saturated rings. The normalized spacial score (nSPS) is 17.3. The van der Waals surface area contributed by atoms with Crippen molar-refractivity contribution < 1.29 is 9.15 Å². The third-order valence-corrected chi connectivity index (χ3v) is 2.68. The first-order valence-corrected chi connectivity index (χ1v) is 5.42. The molecular formula is C12H17NO2. The molecule has 15 heavy (non-hydrogen) atoms. The second kappa shape index (κ2) is 5.03. The van der Waals surface area contributed by atoms with E-state index < -0.39 is 0 Å². The van der Waals surface area contributed by atoms with Gasteiger partial charge in [0.1, 0.15) is 11.5 Å². The van der Waals surface area contributed by atoms with Gasteiger partial charge in [0, 0.05) is 12.8 Å². The highest BCUT2D eigenvalue weighted by Gasteiger charge is 2.17. The van der Waals surface area contributed by atoms with Crippen molar-refractivity contribution in [3.05, 3.63) is 36.0 Å². The van der Waals surface area contributed by atoms with Crippen LogP contribution in [0.5, 0.6) is 0 Å². The Labute approximate surface area is 90.1 Å². The van der Waals surface area contributed by atoms with E-state index in [1.165, 1.54) is 0 Å². The summed E-state index contributed by atoms with van der Waals surface area (Å²) in [5.74, 6) is 2.12. The van der Waals surface area contributed by atoms with Crippen molar-refractivity contribution in [2.45, 2.75) is 25.3 Å². The second-order valence-corrected chi connectivity index (χ2v) is 3.70. The number of aryl methyl sites for hydroxylation is 1. The van der Waals surface area contributed by atoms with Gasteiger partial charge in [0.05, 0.1) is 18.9 Å². The molecule has 0 radical (unpaired) electrons. The molecular weight excluding hydrogens is 190 g/mol. The fourth-order valence-corrected chi connectivity index (χ4v) is 1.85. The van der Waals surface area contributed by atoms with E-state index in [9.17, 15) is 0 Å². The Balaban J connectivity index is 1.85. The molecule has 0 bridgehead atoms. The Morgan fingerprint density at radius 2 is 2.47 bits per heavy atom. The van der Waals surface area contributed by atoms with Gasteiger partial charge in [0.2, 0.25) is 0 Å². The van der Waals surface area contributed by atoms with Gasteiger partial charge in [-0.3, -0.25) is 0 Å². The first-order valence-electron chi connectivity index (χ1n) is 5.42. The van der Waals surface area contributed by atoms with Gasteiger partial charge in [-0.1, -0.05) is 0 Å². The lowest BCUT2D eigenvalue weighted by molar-refractivity contribution is 0.213. The quantitative estimate of drug-likeness (QED) is 0.803. The van der Waals surface area contributed by atoms with Crippen LogP contribution in [-0.2, 0) is 11.2 Å². The summed E-state index contributed by atoms with van der Waals surface area (Å²) in [6.07, 6.45) is 6.88. The zero-order valence-electron chi connectivity index (χ0n) is 9.03. The molecule has 1 atom stereocenters. The van der Waals surface area contributed by atoms with Crippen LogP contribution in [0.15, 0.2) is 34.6 Å². The molecule has 1 aromatic heterocycles. The summed E-state index contributed by atoms with van der Waals surface area (Å²) in [7, 11) is 1.97. The van der Waals surface area contributed by atoms with Crippen LogP contribution in [0, 0.1) is 0 Å². The Morgan fingerprint density at radius 3 is 3.07 bits per heavy atom. The van der Waals surface area contributed by atoms with Gasteiger partial charge in [-0.05, 0) is 31.7 Å². The van der Waals surface area contributed by atoms with Crippen molar-refractivity contribution in [3.63, 3.8) is 0 Å². The molecule has 0 spiro atoms. The first kappa shape index (κ1) is 10.3. The minimum atomic E-state index is 0.317. The van der Waals surface area contributed by atoms with Gasteiger partial charge in [-0.25, -0.2) is 0 Å². The lowest BCUT2D eigenvalue weighted by Gasteiger charge is -2.16. The van der Waals surface area contributed by atoms with E-state index in [1.54, 1.807) is 6.26 Å². The maximum atomic E-state index is 5.54. The van der Waals surface area contributed by atoms with Crippen LogP contribution in [0.2, 0.25) is 0 Å². The third-order valence-electron chi connectivity index (χ3n) is 2.68. The monoisotopic (exact) mass is 207 g/mol. The Kier molecular flexibility index (Phi) is 3.45. The number of furan rings is 1. The summed E-state index contributed by atoms with van der Waals surface area (Å²) in [5.41, 5.74) is 0. The molecule has 1 aliphatic heterocycles. The molecule has 3 heteroatoms. The summed E-state index contributed by atoms with van der Waals surface area (Å²) in [5, 5.41) is 3.27. The molecule has 0 aromatic carbocycles. The molecule has 1 aromatic rings. The molecule has 0 saturated carbocycles. The Bertz CT molecular complexity index is 316. The predicted octanol–water partition coefficient (Wildman–Crippen LogP) is 2.10. The number of nitrogens with one attached hydrogen (secondary N) is 1. The van der Waals surface area contributed by atoms with Crippen LogP contribution < -0.4 is 5.32 Å². The van der Waals surface area contributed by atoms with Crippen LogP contribution in [0.25, 0.3) is 0 Å². The fraction of sp³-hybridized carbons (Fsp3) is 0.500. The van der Waals surface area contributed by atoms with Crippen molar-refractivity contribution in [3.8, 4) is 0 Å². The Hall–Kier alpha value is -1.22. The molecule has 1 aliphatic rings. The zero-order valence-corrected chi connectivity index (χ0v) is 9.03. The number of likely N-dealkylation sites (N-methyl/N-ethyl adjacent to an activating group) is 1. The van der Waals surface area contributed by atoms with Gasteiger partial charge in [0.15, 0.2) is 0 Å². The summed E-state index contributed by atoms with van der Waals surface area (Å²) in [6.45, 7) is 0.828. The zero-order chi connectivity index (χ0) is 10.5.